The molecule has 0 spiro atoms. The second-order valence-electron chi connectivity index (χ2n) is 3.17. The van der Waals surface area contributed by atoms with Crippen LogP contribution in [0.15, 0.2) is 16.6 Å². The van der Waals surface area contributed by atoms with Crippen molar-refractivity contribution in [2.24, 2.45) is 0 Å². The number of phenols is 1. The van der Waals surface area contributed by atoms with Gasteiger partial charge in [0.2, 0.25) is 0 Å². The molecule has 4 heteroatoms. The van der Waals surface area contributed by atoms with Gasteiger partial charge in [-0.25, -0.2) is 0 Å². The molecule has 0 fully saturated rings. The van der Waals surface area contributed by atoms with Crippen LogP contribution in [0.25, 0.3) is 0 Å². The van der Waals surface area contributed by atoms with Gasteiger partial charge in [0.15, 0.2) is 11.5 Å². The first kappa shape index (κ1) is 12.0. The van der Waals surface area contributed by atoms with Crippen molar-refractivity contribution in [3.63, 3.8) is 0 Å². The molecular formula is C11H13BrO3. The average molecular weight is 273 g/mol. The molecular weight excluding hydrogens is 260 g/mol. The van der Waals surface area contributed by atoms with Crippen molar-refractivity contribution >= 4 is 22.2 Å². The molecule has 3 nitrogen and oxygen atoms in total. The molecule has 1 aromatic carbocycles. The van der Waals surface area contributed by atoms with Crippen molar-refractivity contribution in [2.75, 3.05) is 7.11 Å². The zero-order chi connectivity index (χ0) is 11.3. The number of hydrogen-bond acceptors (Lipinski definition) is 3. The lowest BCUT2D eigenvalue weighted by Crippen LogP contribution is -1.91. The van der Waals surface area contributed by atoms with Crippen molar-refractivity contribution < 1.29 is 14.6 Å². The van der Waals surface area contributed by atoms with Crippen molar-refractivity contribution in [1.82, 2.24) is 0 Å². The zero-order valence-corrected chi connectivity index (χ0v) is 10.1. The van der Waals surface area contributed by atoms with Crippen LogP contribution in [-0.4, -0.2) is 18.5 Å². The summed E-state index contributed by atoms with van der Waals surface area (Å²) in [6.45, 7) is 0. The summed E-state index contributed by atoms with van der Waals surface area (Å²) in [6, 6.07) is 3.39. The number of hydrogen-bond donors (Lipinski definition) is 1. The number of aromatic hydroxyl groups is 1. The standard InChI is InChI=1S/C11H13BrO3/c1-15-11-6-8(4-2-3-5-13)9(12)7-10(11)14/h5-7,14H,2-4H2,1H3. The maximum Gasteiger partial charge on any atom is 0.160 e. The van der Waals surface area contributed by atoms with Crippen LogP contribution in [-0.2, 0) is 11.2 Å². The van der Waals surface area contributed by atoms with Crippen molar-refractivity contribution in [2.45, 2.75) is 19.3 Å². The fraction of sp³-hybridized carbons (Fsp3) is 0.364. The quantitative estimate of drug-likeness (QED) is 0.662. The monoisotopic (exact) mass is 272 g/mol. The number of carbonyl (C=O) groups is 1. The Labute approximate surface area is 97.2 Å². The Morgan fingerprint density at radius 2 is 2.27 bits per heavy atom. The van der Waals surface area contributed by atoms with Crippen LogP contribution in [0.3, 0.4) is 0 Å². The van der Waals surface area contributed by atoms with Gasteiger partial charge in [0, 0.05) is 10.9 Å². The van der Waals surface area contributed by atoms with Gasteiger partial charge in [-0.1, -0.05) is 15.9 Å². The van der Waals surface area contributed by atoms with E-state index in [-0.39, 0.29) is 5.75 Å². The highest BCUT2D eigenvalue weighted by molar-refractivity contribution is 9.10. The summed E-state index contributed by atoms with van der Waals surface area (Å²) < 4.78 is 5.85. The summed E-state index contributed by atoms with van der Waals surface area (Å²) >= 11 is 3.36. The minimum Gasteiger partial charge on any atom is -0.504 e. The van der Waals surface area contributed by atoms with Gasteiger partial charge >= 0.3 is 0 Å². The molecule has 0 aliphatic rings. The number of aryl methyl sites for hydroxylation is 1. The Kier molecular flexibility index (Phi) is 4.62. The molecule has 0 aromatic heterocycles. The topological polar surface area (TPSA) is 46.5 Å². The molecule has 0 saturated carbocycles. The Morgan fingerprint density at radius 1 is 1.53 bits per heavy atom. The summed E-state index contributed by atoms with van der Waals surface area (Å²) in [6.07, 6.45) is 3.05. The van der Waals surface area contributed by atoms with Gasteiger partial charge in [-0.15, -0.1) is 0 Å². The number of ether oxygens (including phenoxy) is 1. The maximum atomic E-state index is 10.2. The number of halogens is 1. The Balaban J connectivity index is 2.82. The largest absolute Gasteiger partial charge is 0.504 e. The summed E-state index contributed by atoms with van der Waals surface area (Å²) in [7, 11) is 1.51. The first-order valence-corrected chi connectivity index (χ1v) is 5.47. The van der Waals surface area contributed by atoms with Crippen LogP contribution < -0.4 is 4.74 Å². The Morgan fingerprint density at radius 3 is 2.87 bits per heavy atom. The summed E-state index contributed by atoms with van der Waals surface area (Å²) in [5.41, 5.74) is 1.03. The molecule has 0 amide bonds. The van der Waals surface area contributed by atoms with E-state index < -0.39 is 0 Å². The molecule has 82 valence electrons. The summed E-state index contributed by atoms with van der Waals surface area (Å²) in [5.74, 6) is 0.572. The van der Waals surface area contributed by atoms with E-state index >= 15 is 0 Å². The Hall–Kier alpha value is -1.03. The minimum atomic E-state index is 0.114. The molecule has 0 aliphatic heterocycles. The number of methoxy groups -OCH3 is 1. The summed E-state index contributed by atoms with van der Waals surface area (Å²) in [4.78, 5) is 10.2. The number of rotatable bonds is 5. The number of aldehydes is 1. The fourth-order valence-electron chi connectivity index (χ4n) is 1.32. The fourth-order valence-corrected chi connectivity index (χ4v) is 1.85. The lowest BCUT2D eigenvalue weighted by molar-refractivity contribution is -0.107. The molecule has 0 saturated heterocycles. The predicted molar refractivity (Wildman–Crippen MR) is 61.4 cm³/mol. The summed E-state index contributed by atoms with van der Waals surface area (Å²) in [5, 5.41) is 9.48. The molecule has 0 atom stereocenters. The van der Waals surface area contributed by atoms with Gasteiger partial charge in [-0.05, 0) is 30.5 Å². The predicted octanol–water partition coefficient (Wildman–Crippen LogP) is 2.68. The van der Waals surface area contributed by atoms with Gasteiger partial charge in [-0.3, -0.25) is 0 Å². The van der Waals surface area contributed by atoms with Gasteiger partial charge in [-0.2, -0.15) is 0 Å². The normalized spacial score (nSPS) is 10.0. The second kappa shape index (κ2) is 5.75. The lowest BCUT2D eigenvalue weighted by atomic mass is 10.1. The number of benzene rings is 1. The van der Waals surface area contributed by atoms with E-state index in [1.165, 1.54) is 7.11 Å². The highest BCUT2D eigenvalue weighted by Gasteiger charge is 2.07. The Bertz CT molecular complexity index is 350. The number of phenolic OH excluding ortho intramolecular Hbond substituents is 1. The molecule has 0 heterocycles. The maximum absolute atomic E-state index is 10.2. The van der Waals surface area contributed by atoms with Crippen molar-refractivity contribution in [1.29, 1.82) is 0 Å². The van der Waals surface area contributed by atoms with E-state index in [1.54, 1.807) is 12.1 Å². The van der Waals surface area contributed by atoms with Crippen LogP contribution in [0.1, 0.15) is 18.4 Å². The molecule has 0 bridgehead atoms. The van der Waals surface area contributed by atoms with Crippen LogP contribution in [0, 0.1) is 0 Å². The molecule has 0 radical (unpaired) electrons. The zero-order valence-electron chi connectivity index (χ0n) is 8.50. The van der Waals surface area contributed by atoms with E-state index in [1.807, 2.05) is 0 Å². The third-order valence-electron chi connectivity index (χ3n) is 2.12. The van der Waals surface area contributed by atoms with E-state index in [9.17, 15) is 9.90 Å². The molecule has 0 aliphatic carbocycles. The van der Waals surface area contributed by atoms with Crippen molar-refractivity contribution in [3.8, 4) is 11.5 Å². The van der Waals surface area contributed by atoms with Gasteiger partial charge < -0.3 is 14.6 Å². The van der Waals surface area contributed by atoms with Crippen LogP contribution >= 0.6 is 15.9 Å². The molecule has 15 heavy (non-hydrogen) atoms. The van der Waals surface area contributed by atoms with Crippen molar-refractivity contribution in [3.05, 3.63) is 22.2 Å². The highest BCUT2D eigenvalue weighted by Crippen LogP contribution is 2.32. The first-order chi connectivity index (χ1) is 7.19. The second-order valence-corrected chi connectivity index (χ2v) is 4.03. The number of unbranched alkanes of at least 4 members (excludes halogenated alkanes) is 1. The smallest absolute Gasteiger partial charge is 0.160 e. The third kappa shape index (κ3) is 3.23. The van der Waals surface area contributed by atoms with Gasteiger partial charge in [0.05, 0.1) is 7.11 Å². The lowest BCUT2D eigenvalue weighted by Gasteiger charge is -2.08. The van der Waals surface area contributed by atoms with Gasteiger partial charge in [0.1, 0.15) is 6.29 Å². The highest BCUT2D eigenvalue weighted by atomic mass is 79.9. The van der Waals surface area contributed by atoms with Gasteiger partial charge in [0.25, 0.3) is 0 Å². The average Bonchev–Trinajstić information content (AvgIpc) is 2.21. The van der Waals surface area contributed by atoms with Crippen LogP contribution in [0.5, 0.6) is 11.5 Å². The van der Waals surface area contributed by atoms with E-state index in [2.05, 4.69) is 15.9 Å². The van der Waals surface area contributed by atoms with E-state index in [0.717, 1.165) is 29.2 Å². The van der Waals surface area contributed by atoms with E-state index in [4.69, 9.17) is 4.74 Å². The molecule has 1 N–H and O–H groups in total. The first-order valence-electron chi connectivity index (χ1n) is 4.68. The minimum absolute atomic E-state index is 0.114. The van der Waals surface area contributed by atoms with E-state index in [0.29, 0.717) is 12.2 Å². The third-order valence-corrected chi connectivity index (χ3v) is 2.85. The van der Waals surface area contributed by atoms with Crippen LogP contribution in [0.2, 0.25) is 0 Å². The molecule has 1 aromatic rings. The molecule has 1 rings (SSSR count). The number of carbonyl (C=O) groups excluding carboxylic acids is 1. The van der Waals surface area contributed by atoms with Crippen LogP contribution in [0.4, 0.5) is 0 Å². The SMILES string of the molecule is COc1cc(CCCC=O)c(Br)cc1O. The molecule has 0 unspecified atom stereocenters.